The lowest BCUT2D eigenvalue weighted by molar-refractivity contribution is -0.160. The van der Waals surface area contributed by atoms with Crippen molar-refractivity contribution in [2.24, 2.45) is 0 Å². The van der Waals surface area contributed by atoms with Crippen LogP contribution in [0.25, 0.3) is 0 Å². The molecule has 0 atom stereocenters. The number of esters is 1. The molecule has 0 aliphatic heterocycles. The van der Waals surface area contributed by atoms with Gasteiger partial charge in [-0.2, -0.15) is 0 Å². The lowest BCUT2D eigenvalue weighted by atomic mass is 10.1. The molecule has 0 unspecified atom stereocenters. The second-order valence-electron chi connectivity index (χ2n) is 6.61. The molecule has 0 saturated carbocycles. The minimum Gasteiger partial charge on any atom is -0.459 e. The molecule has 0 bridgehead atoms. The van der Waals surface area contributed by atoms with E-state index in [1.807, 2.05) is 0 Å². The zero-order valence-corrected chi connectivity index (χ0v) is 16.3. The van der Waals surface area contributed by atoms with Crippen molar-refractivity contribution in [1.29, 1.82) is 0 Å². The van der Waals surface area contributed by atoms with Gasteiger partial charge in [0.15, 0.2) is 0 Å². The quantitative estimate of drug-likeness (QED) is 0.236. The molecule has 0 rings (SSSR count). The molecule has 0 aromatic heterocycles. The first kappa shape index (κ1) is 22.9. The van der Waals surface area contributed by atoms with Gasteiger partial charge >= 0.3 is 11.9 Å². The van der Waals surface area contributed by atoms with Crippen LogP contribution in [-0.2, 0) is 14.3 Å². The molecule has 0 saturated heterocycles. The zero-order chi connectivity index (χ0) is 18.0. The van der Waals surface area contributed by atoms with Crippen LogP contribution < -0.4 is 0 Å². The Kier molecular flexibility index (Phi) is 16.0. The van der Waals surface area contributed by atoms with E-state index >= 15 is 0 Å². The normalized spacial score (nSPS) is 10.6. The summed E-state index contributed by atoms with van der Waals surface area (Å²) in [6.07, 6.45) is 13.5. The number of hydrogen-bond acceptors (Lipinski definition) is 3. The first-order valence-corrected chi connectivity index (χ1v) is 10.1. The van der Waals surface area contributed by atoms with E-state index in [1.165, 1.54) is 38.5 Å². The van der Waals surface area contributed by atoms with E-state index in [1.54, 1.807) is 4.90 Å². The van der Waals surface area contributed by atoms with Crippen molar-refractivity contribution in [3.63, 3.8) is 0 Å². The van der Waals surface area contributed by atoms with E-state index in [9.17, 15) is 9.59 Å². The summed E-state index contributed by atoms with van der Waals surface area (Å²) in [7, 11) is 0. The second kappa shape index (κ2) is 16.8. The summed E-state index contributed by atoms with van der Waals surface area (Å²) in [4.78, 5) is 25.7. The van der Waals surface area contributed by atoms with Gasteiger partial charge in [0.05, 0.1) is 6.61 Å². The maximum atomic E-state index is 12.2. The number of ether oxygens (including phenoxy) is 1. The fraction of sp³-hybridized carbons (Fsp3) is 0.900. The zero-order valence-electron chi connectivity index (χ0n) is 16.3. The number of carbonyl (C=O) groups is 2. The van der Waals surface area contributed by atoms with Crippen molar-refractivity contribution in [1.82, 2.24) is 4.90 Å². The summed E-state index contributed by atoms with van der Waals surface area (Å²) in [5.41, 5.74) is 0. The molecule has 0 radical (unpaired) electrons. The van der Waals surface area contributed by atoms with Gasteiger partial charge in [0, 0.05) is 13.1 Å². The molecular formula is C20H39NO3. The molecule has 4 heteroatoms. The molecule has 0 fully saturated rings. The summed E-state index contributed by atoms with van der Waals surface area (Å²) in [6.45, 7) is 8.08. The van der Waals surface area contributed by atoms with Crippen LogP contribution in [0.15, 0.2) is 0 Å². The van der Waals surface area contributed by atoms with Gasteiger partial charge in [0.25, 0.3) is 0 Å². The Bertz CT molecular complexity index is 310. The van der Waals surface area contributed by atoms with Gasteiger partial charge in [-0.1, -0.05) is 78.6 Å². The molecule has 0 spiro atoms. The third-order valence-corrected chi connectivity index (χ3v) is 4.26. The first-order valence-electron chi connectivity index (χ1n) is 10.1. The van der Waals surface area contributed by atoms with E-state index in [4.69, 9.17) is 4.74 Å². The molecule has 0 aromatic rings. The lowest BCUT2D eigenvalue weighted by Crippen LogP contribution is -2.39. The van der Waals surface area contributed by atoms with Gasteiger partial charge in [0.1, 0.15) is 0 Å². The number of carbonyl (C=O) groups excluding carboxylic acids is 2. The number of rotatable bonds is 15. The molecule has 0 aliphatic carbocycles. The third kappa shape index (κ3) is 12.4. The van der Waals surface area contributed by atoms with Crippen LogP contribution in [0.2, 0.25) is 0 Å². The fourth-order valence-electron chi connectivity index (χ4n) is 2.60. The van der Waals surface area contributed by atoms with E-state index in [-0.39, 0.29) is 0 Å². The Morgan fingerprint density at radius 1 is 0.667 bits per heavy atom. The topological polar surface area (TPSA) is 46.6 Å². The van der Waals surface area contributed by atoms with Crippen LogP contribution in [-0.4, -0.2) is 36.5 Å². The van der Waals surface area contributed by atoms with Crippen molar-refractivity contribution >= 4 is 11.9 Å². The van der Waals surface area contributed by atoms with Crippen LogP contribution in [0.3, 0.4) is 0 Å². The Morgan fingerprint density at radius 3 is 1.62 bits per heavy atom. The Balaban J connectivity index is 3.83. The van der Waals surface area contributed by atoms with E-state index < -0.39 is 11.9 Å². The van der Waals surface area contributed by atoms with Crippen molar-refractivity contribution in [3.8, 4) is 0 Å². The monoisotopic (exact) mass is 341 g/mol. The molecule has 142 valence electrons. The van der Waals surface area contributed by atoms with E-state index in [2.05, 4.69) is 20.8 Å². The summed E-state index contributed by atoms with van der Waals surface area (Å²) in [5.74, 6) is -1.14. The highest BCUT2D eigenvalue weighted by Gasteiger charge is 2.22. The fourth-order valence-corrected chi connectivity index (χ4v) is 2.60. The van der Waals surface area contributed by atoms with Gasteiger partial charge in [-0.05, 0) is 19.3 Å². The minimum atomic E-state index is -0.676. The lowest BCUT2D eigenvalue weighted by Gasteiger charge is -2.21. The third-order valence-electron chi connectivity index (χ3n) is 4.26. The van der Waals surface area contributed by atoms with Crippen LogP contribution in [0.1, 0.15) is 97.8 Å². The Hall–Kier alpha value is -1.06. The Labute approximate surface area is 149 Å². The number of hydrogen-bond donors (Lipinski definition) is 0. The van der Waals surface area contributed by atoms with Crippen molar-refractivity contribution in [3.05, 3.63) is 0 Å². The van der Waals surface area contributed by atoms with Gasteiger partial charge in [-0.25, -0.2) is 4.79 Å². The molecule has 0 N–H and O–H groups in total. The van der Waals surface area contributed by atoms with Gasteiger partial charge in [-0.3, -0.25) is 4.79 Å². The number of amides is 1. The molecule has 0 heterocycles. The van der Waals surface area contributed by atoms with Crippen LogP contribution in [0.5, 0.6) is 0 Å². The summed E-state index contributed by atoms with van der Waals surface area (Å²) >= 11 is 0. The average molecular weight is 342 g/mol. The summed E-state index contributed by atoms with van der Waals surface area (Å²) in [6, 6.07) is 0. The molecule has 24 heavy (non-hydrogen) atoms. The second-order valence-corrected chi connectivity index (χ2v) is 6.61. The van der Waals surface area contributed by atoms with Crippen molar-refractivity contribution in [2.45, 2.75) is 97.8 Å². The minimum absolute atomic E-state index is 0.370. The van der Waals surface area contributed by atoms with Crippen LogP contribution in [0.4, 0.5) is 0 Å². The number of nitrogens with zero attached hydrogens (tertiary/aromatic N) is 1. The largest absolute Gasteiger partial charge is 0.459 e. The standard InChI is InChI=1S/C20H39NO3/c1-4-7-10-11-12-13-14-15-18-24-20(23)19(22)21(16-8-5-2)17-9-6-3/h4-18H2,1-3H3. The van der Waals surface area contributed by atoms with Crippen LogP contribution >= 0.6 is 0 Å². The maximum absolute atomic E-state index is 12.2. The smallest absolute Gasteiger partial charge is 0.397 e. The average Bonchev–Trinajstić information content (AvgIpc) is 2.59. The molecule has 4 nitrogen and oxygen atoms in total. The SMILES string of the molecule is CCCCCCCCCCOC(=O)C(=O)N(CCCC)CCCC. The van der Waals surface area contributed by atoms with Crippen molar-refractivity contribution in [2.75, 3.05) is 19.7 Å². The maximum Gasteiger partial charge on any atom is 0.397 e. The molecular weight excluding hydrogens is 302 g/mol. The molecule has 1 amide bonds. The predicted molar refractivity (Wildman–Crippen MR) is 100.0 cm³/mol. The first-order chi connectivity index (χ1) is 11.7. The van der Waals surface area contributed by atoms with E-state index in [0.717, 1.165) is 38.5 Å². The highest BCUT2D eigenvalue weighted by molar-refractivity contribution is 6.32. The van der Waals surface area contributed by atoms with Crippen LogP contribution in [0, 0.1) is 0 Å². The van der Waals surface area contributed by atoms with Gasteiger partial charge < -0.3 is 9.64 Å². The predicted octanol–water partition coefficient (Wildman–Crippen LogP) is 5.10. The molecule has 0 aromatic carbocycles. The highest BCUT2D eigenvalue weighted by atomic mass is 16.5. The van der Waals surface area contributed by atoms with Gasteiger partial charge in [-0.15, -0.1) is 0 Å². The summed E-state index contributed by atoms with van der Waals surface area (Å²) in [5, 5.41) is 0. The summed E-state index contributed by atoms with van der Waals surface area (Å²) < 4.78 is 5.16. The van der Waals surface area contributed by atoms with Gasteiger partial charge in [0.2, 0.25) is 0 Å². The Morgan fingerprint density at radius 2 is 1.12 bits per heavy atom. The molecule has 0 aliphatic rings. The number of unbranched alkanes of at least 4 members (excludes halogenated alkanes) is 9. The van der Waals surface area contributed by atoms with Crippen molar-refractivity contribution < 1.29 is 14.3 Å². The highest BCUT2D eigenvalue weighted by Crippen LogP contribution is 2.08. The van der Waals surface area contributed by atoms with E-state index in [0.29, 0.717) is 19.7 Å².